The van der Waals surface area contributed by atoms with E-state index in [4.69, 9.17) is 14.3 Å². The van der Waals surface area contributed by atoms with E-state index in [0.717, 1.165) is 22.7 Å². The highest BCUT2D eigenvalue weighted by Gasteiger charge is 2.11. The number of hydrogen-bond acceptors (Lipinski definition) is 5. The fraction of sp³-hybridized carbons (Fsp3) is 0.348. The van der Waals surface area contributed by atoms with Crippen LogP contribution >= 0.6 is 0 Å². The molecular formula is C23H31N3O3. The first-order valence-electron chi connectivity index (χ1n) is 9.80. The van der Waals surface area contributed by atoms with Crippen LogP contribution in [0.15, 0.2) is 42.5 Å². The average Bonchev–Trinajstić information content (AvgIpc) is 2.78. The van der Waals surface area contributed by atoms with Gasteiger partial charge in [-0.15, -0.1) is 0 Å². The van der Waals surface area contributed by atoms with Crippen LogP contribution in [0, 0.1) is 6.92 Å². The van der Waals surface area contributed by atoms with E-state index in [0.29, 0.717) is 13.0 Å². The number of hydrazine groups is 1. The number of amides is 1. The topological polar surface area (TPSA) is 85.6 Å². The molecule has 6 heteroatoms. The number of benzene rings is 2. The third-order valence-electron chi connectivity index (χ3n) is 4.90. The number of anilines is 1. The number of methoxy groups -OCH3 is 1. The van der Waals surface area contributed by atoms with Crippen molar-refractivity contribution in [3.63, 3.8) is 0 Å². The molecular weight excluding hydrogens is 366 g/mol. The molecule has 0 saturated carbocycles. The summed E-state index contributed by atoms with van der Waals surface area (Å²) in [7, 11) is 3.60. The molecule has 2 aromatic carbocycles. The van der Waals surface area contributed by atoms with E-state index in [2.05, 4.69) is 42.4 Å². The molecule has 3 rings (SSSR count). The molecule has 0 spiro atoms. The highest BCUT2D eigenvalue weighted by atomic mass is 16.5. The first kappa shape index (κ1) is 22.3. The number of nitrogens with two attached hydrogens (primary N) is 1. The Balaban J connectivity index is 0.000000687. The van der Waals surface area contributed by atoms with E-state index >= 15 is 0 Å². The number of hydrogen-bond donors (Lipinski definition) is 3. The maximum atomic E-state index is 8.94. The van der Waals surface area contributed by atoms with Gasteiger partial charge < -0.3 is 14.8 Å². The van der Waals surface area contributed by atoms with Crippen LogP contribution in [0.1, 0.15) is 42.4 Å². The number of ether oxygens (including phenoxy) is 2. The Hall–Kier alpha value is -2.99. The zero-order chi connectivity index (χ0) is 21.1. The van der Waals surface area contributed by atoms with Gasteiger partial charge in [0, 0.05) is 12.7 Å². The maximum Gasteiger partial charge on any atom is 0.221 e. The molecule has 29 heavy (non-hydrogen) atoms. The van der Waals surface area contributed by atoms with Crippen molar-refractivity contribution < 1.29 is 14.3 Å². The van der Waals surface area contributed by atoms with Crippen molar-refractivity contribution in [1.82, 2.24) is 5.43 Å². The van der Waals surface area contributed by atoms with Crippen molar-refractivity contribution in [1.29, 1.82) is 0 Å². The molecule has 2 aromatic rings. The molecule has 0 aromatic heterocycles. The van der Waals surface area contributed by atoms with Gasteiger partial charge in [-0.25, -0.2) is 5.84 Å². The third-order valence-corrected chi connectivity index (χ3v) is 4.90. The molecule has 0 bridgehead atoms. The zero-order valence-corrected chi connectivity index (χ0v) is 17.5. The Labute approximate surface area is 173 Å². The van der Waals surface area contributed by atoms with Crippen LogP contribution in [0.4, 0.5) is 5.69 Å². The number of rotatable bonds is 7. The van der Waals surface area contributed by atoms with Gasteiger partial charge in [-0.1, -0.05) is 18.2 Å². The summed E-state index contributed by atoms with van der Waals surface area (Å²) in [6, 6.07) is 12.5. The van der Waals surface area contributed by atoms with Gasteiger partial charge in [0.25, 0.3) is 0 Å². The van der Waals surface area contributed by atoms with Gasteiger partial charge in [0.05, 0.1) is 12.7 Å². The molecule has 1 aliphatic carbocycles. The van der Waals surface area contributed by atoms with Crippen LogP contribution < -0.4 is 26.1 Å². The van der Waals surface area contributed by atoms with Crippen LogP contribution in [0.2, 0.25) is 0 Å². The van der Waals surface area contributed by atoms with Crippen molar-refractivity contribution in [3.8, 4) is 11.5 Å². The summed E-state index contributed by atoms with van der Waals surface area (Å²) in [5.74, 6) is 6.18. The largest absolute Gasteiger partial charge is 0.496 e. The minimum Gasteiger partial charge on any atom is -0.496 e. The number of nitrogens with one attached hydrogen (secondary N) is 2. The van der Waals surface area contributed by atoms with Crippen LogP contribution in [0.3, 0.4) is 0 Å². The first-order valence-corrected chi connectivity index (χ1v) is 9.80. The summed E-state index contributed by atoms with van der Waals surface area (Å²) in [6.07, 6.45) is 7.78. The second kappa shape index (κ2) is 11.8. The summed E-state index contributed by atoms with van der Waals surface area (Å²) in [4.78, 5) is 8.94. The molecule has 4 N–H and O–H groups in total. The lowest BCUT2D eigenvalue weighted by Crippen LogP contribution is -2.18. The summed E-state index contributed by atoms with van der Waals surface area (Å²) in [6.45, 7) is 2.59. The van der Waals surface area contributed by atoms with Gasteiger partial charge in [0.1, 0.15) is 18.1 Å². The molecule has 0 saturated heterocycles. The van der Waals surface area contributed by atoms with Gasteiger partial charge in [-0.05, 0) is 73.6 Å². The zero-order valence-electron chi connectivity index (χ0n) is 17.5. The number of allylic oxidation sites excluding steroid dienone is 2. The van der Waals surface area contributed by atoms with E-state index in [1.807, 2.05) is 25.2 Å². The minimum absolute atomic E-state index is 0.403. The smallest absolute Gasteiger partial charge is 0.221 e. The van der Waals surface area contributed by atoms with Crippen LogP contribution in [-0.2, 0) is 11.4 Å². The monoisotopic (exact) mass is 397 g/mol. The standard InChI is InChI=1S/C22H27NO2.CH4N2O/c1-16-14-18(17-8-5-4-6-9-17)12-13-21(16)25-15-19-20(23-2)10-7-11-22(19)24-3;2-3-1-4/h7-8,10-14,23H,4-6,9,15H2,1-3H3;1H,2H2,(H,3,4). The first-order chi connectivity index (χ1) is 14.1. The number of aryl methyl sites for hydroxylation is 1. The van der Waals surface area contributed by atoms with E-state index < -0.39 is 0 Å². The van der Waals surface area contributed by atoms with E-state index in [-0.39, 0.29) is 0 Å². The predicted molar refractivity (Wildman–Crippen MR) is 118 cm³/mol. The number of carbonyl (C=O) groups excluding carboxylic acids is 1. The minimum atomic E-state index is 0.403. The lowest BCUT2D eigenvalue weighted by Gasteiger charge is -2.17. The maximum absolute atomic E-state index is 8.94. The lowest BCUT2D eigenvalue weighted by atomic mass is 9.93. The Morgan fingerprint density at radius 2 is 1.97 bits per heavy atom. The normalized spacial score (nSPS) is 12.8. The van der Waals surface area contributed by atoms with Gasteiger partial charge in [-0.3, -0.25) is 10.2 Å². The van der Waals surface area contributed by atoms with E-state index in [1.54, 1.807) is 12.5 Å². The van der Waals surface area contributed by atoms with Crippen molar-refractivity contribution in [2.24, 2.45) is 5.84 Å². The van der Waals surface area contributed by atoms with Crippen LogP contribution in [-0.4, -0.2) is 20.6 Å². The Morgan fingerprint density at radius 3 is 2.55 bits per heavy atom. The Kier molecular flexibility index (Phi) is 9.05. The third kappa shape index (κ3) is 6.26. The predicted octanol–water partition coefficient (Wildman–Crippen LogP) is 4.19. The fourth-order valence-corrected chi connectivity index (χ4v) is 3.40. The molecule has 0 aliphatic heterocycles. The van der Waals surface area contributed by atoms with Gasteiger partial charge in [0.15, 0.2) is 0 Å². The highest BCUT2D eigenvalue weighted by molar-refractivity contribution is 5.67. The molecule has 0 fully saturated rings. The number of carbonyl (C=O) groups is 1. The van der Waals surface area contributed by atoms with Crippen molar-refractivity contribution in [2.45, 2.75) is 39.2 Å². The Bertz CT molecular complexity index is 812. The second-order valence-corrected chi connectivity index (χ2v) is 6.77. The van der Waals surface area contributed by atoms with Crippen LogP contribution in [0.5, 0.6) is 11.5 Å². The molecule has 1 aliphatic rings. The van der Waals surface area contributed by atoms with Crippen molar-refractivity contribution in [3.05, 3.63) is 59.2 Å². The average molecular weight is 398 g/mol. The van der Waals surface area contributed by atoms with Gasteiger partial charge >= 0.3 is 0 Å². The Morgan fingerprint density at radius 1 is 1.17 bits per heavy atom. The SMILES string of the molecule is CNc1cccc(OC)c1COc1ccc(C2=CCCCC2)cc1C.NNC=O. The van der Waals surface area contributed by atoms with Gasteiger partial charge in [0.2, 0.25) is 6.41 Å². The summed E-state index contributed by atoms with van der Waals surface area (Å²) < 4.78 is 11.6. The summed E-state index contributed by atoms with van der Waals surface area (Å²) >= 11 is 0. The fourth-order valence-electron chi connectivity index (χ4n) is 3.40. The molecule has 0 atom stereocenters. The van der Waals surface area contributed by atoms with E-state index in [9.17, 15) is 0 Å². The molecule has 0 heterocycles. The van der Waals surface area contributed by atoms with E-state index in [1.165, 1.54) is 42.4 Å². The quantitative estimate of drug-likeness (QED) is 0.282. The molecule has 156 valence electrons. The van der Waals surface area contributed by atoms with Crippen LogP contribution in [0.25, 0.3) is 5.57 Å². The van der Waals surface area contributed by atoms with Crippen molar-refractivity contribution in [2.75, 3.05) is 19.5 Å². The van der Waals surface area contributed by atoms with Crippen molar-refractivity contribution >= 4 is 17.7 Å². The second-order valence-electron chi connectivity index (χ2n) is 6.77. The molecule has 6 nitrogen and oxygen atoms in total. The summed E-state index contributed by atoms with van der Waals surface area (Å²) in [5.41, 5.74) is 7.79. The molecule has 1 amide bonds. The molecule has 0 radical (unpaired) electrons. The van der Waals surface area contributed by atoms with Gasteiger partial charge in [-0.2, -0.15) is 0 Å². The summed E-state index contributed by atoms with van der Waals surface area (Å²) in [5, 5.41) is 3.21. The molecule has 0 unspecified atom stereocenters. The lowest BCUT2D eigenvalue weighted by molar-refractivity contribution is -0.109. The highest BCUT2D eigenvalue weighted by Crippen LogP contribution is 2.32.